The fourth-order valence-electron chi connectivity index (χ4n) is 3.02. The highest BCUT2D eigenvalue weighted by molar-refractivity contribution is 7.92. The molecule has 0 aliphatic rings. The van der Waals surface area contributed by atoms with E-state index in [4.69, 9.17) is 21.2 Å². The highest BCUT2D eigenvalue weighted by atomic mass is 35.5. The number of methoxy groups -OCH3 is 1. The van der Waals surface area contributed by atoms with Gasteiger partial charge in [0.25, 0.3) is 5.91 Å². The fourth-order valence-corrected chi connectivity index (χ4v) is 3.69. The zero-order valence-electron chi connectivity index (χ0n) is 19.6. The number of sulfonamides is 1. The van der Waals surface area contributed by atoms with Gasteiger partial charge in [0.2, 0.25) is 10.0 Å². The molecule has 0 spiro atoms. The number of hydroxylamine groups is 1. The molecule has 0 saturated heterocycles. The van der Waals surface area contributed by atoms with E-state index in [1.807, 2.05) is 12.1 Å². The molecule has 3 aromatic rings. The Bertz CT molecular complexity index is 1300. The lowest BCUT2D eigenvalue weighted by atomic mass is 10.2. The maximum Gasteiger partial charge on any atom is 0.278 e. The number of ether oxygens (including phenoxy) is 1. The van der Waals surface area contributed by atoms with Crippen molar-refractivity contribution in [3.05, 3.63) is 65.3 Å². The number of benzene rings is 2. The van der Waals surface area contributed by atoms with Crippen LogP contribution in [0.4, 0.5) is 28.6 Å². The minimum Gasteiger partial charge on any atom is -0.497 e. The van der Waals surface area contributed by atoms with Crippen LogP contribution in [-0.4, -0.2) is 46.3 Å². The molecule has 2 aromatic carbocycles. The Balaban J connectivity index is 2.02. The third-order valence-electron chi connectivity index (χ3n) is 4.89. The maximum absolute atomic E-state index is 12.7. The van der Waals surface area contributed by atoms with Crippen LogP contribution < -0.4 is 25.2 Å². The van der Waals surface area contributed by atoms with Crippen LogP contribution in [0, 0.1) is 0 Å². The van der Waals surface area contributed by atoms with Crippen molar-refractivity contribution >= 4 is 56.1 Å². The molecule has 0 saturated carbocycles. The predicted molar refractivity (Wildman–Crippen MR) is 138 cm³/mol. The maximum atomic E-state index is 12.7. The van der Waals surface area contributed by atoms with Crippen molar-refractivity contribution in [2.24, 2.45) is 0 Å². The Morgan fingerprint density at radius 1 is 1.09 bits per heavy atom. The first-order chi connectivity index (χ1) is 16.6. The van der Waals surface area contributed by atoms with Crippen LogP contribution in [0.15, 0.2) is 54.7 Å². The van der Waals surface area contributed by atoms with E-state index in [9.17, 15) is 13.2 Å². The van der Waals surface area contributed by atoms with E-state index in [0.717, 1.165) is 16.2 Å². The quantitative estimate of drug-likeness (QED) is 0.339. The Morgan fingerprint density at radius 3 is 2.43 bits per heavy atom. The molecular weight excluding hydrogens is 494 g/mol. The Hall–Kier alpha value is -3.54. The van der Waals surface area contributed by atoms with Gasteiger partial charge in [0.15, 0.2) is 0 Å². The van der Waals surface area contributed by atoms with Crippen LogP contribution >= 0.6 is 11.6 Å². The van der Waals surface area contributed by atoms with Crippen LogP contribution in [0.1, 0.15) is 17.3 Å². The first kappa shape index (κ1) is 26.1. The summed E-state index contributed by atoms with van der Waals surface area (Å²) in [5.74, 6) is 0.626. The number of anilines is 5. The monoisotopic (exact) mass is 519 g/mol. The second kappa shape index (κ2) is 11.3. The Kier molecular flexibility index (Phi) is 8.39. The summed E-state index contributed by atoms with van der Waals surface area (Å²) in [6, 6.07) is 13.6. The molecule has 186 valence electrons. The molecule has 0 unspecified atom stereocenters. The van der Waals surface area contributed by atoms with Crippen molar-refractivity contribution in [1.29, 1.82) is 0 Å². The largest absolute Gasteiger partial charge is 0.497 e. The number of aromatic nitrogens is 1. The first-order valence-electron chi connectivity index (χ1n) is 10.5. The van der Waals surface area contributed by atoms with E-state index in [1.165, 1.54) is 19.3 Å². The first-order valence-corrected chi connectivity index (χ1v) is 12.7. The van der Waals surface area contributed by atoms with Gasteiger partial charge in [-0.3, -0.25) is 13.9 Å². The molecule has 0 radical (unpaired) electrons. The molecule has 3 N–H and O–H groups in total. The summed E-state index contributed by atoms with van der Waals surface area (Å²) in [4.78, 5) is 22.1. The Morgan fingerprint density at radius 2 is 1.80 bits per heavy atom. The van der Waals surface area contributed by atoms with E-state index in [1.54, 1.807) is 44.4 Å². The van der Waals surface area contributed by atoms with Gasteiger partial charge < -0.3 is 15.4 Å². The van der Waals surface area contributed by atoms with Gasteiger partial charge >= 0.3 is 0 Å². The van der Waals surface area contributed by atoms with Crippen LogP contribution in [0.5, 0.6) is 5.75 Å². The second-order valence-electron chi connectivity index (χ2n) is 7.35. The lowest BCUT2D eigenvalue weighted by Crippen LogP contribution is -2.26. The van der Waals surface area contributed by atoms with Gasteiger partial charge in [0.1, 0.15) is 11.6 Å². The summed E-state index contributed by atoms with van der Waals surface area (Å²) in [5, 5.41) is 6.66. The number of halogens is 1. The molecule has 1 amide bonds. The van der Waals surface area contributed by atoms with Gasteiger partial charge in [-0.25, -0.2) is 18.9 Å². The minimum atomic E-state index is -3.58. The number of rotatable bonds is 10. The molecule has 1 aromatic heterocycles. The van der Waals surface area contributed by atoms with Crippen molar-refractivity contribution in [1.82, 2.24) is 10.5 Å². The minimum absolute atomic E-state index is 0.182. The highest BCUT2D eigenvalue weighted by Gasteiger charge is 2.19. The summed E-state index contributed by atoms with van der Waals surface area (Å²) < 4.78 is 30.7. The highest BCUT2D eigenvalue weighted by Crippen LogP contribution is 2.34. The van der Waals surface area contributed by atoms with Crippen LogP contribution in [0.2, 0.25) is 5.02 Å². The van der Waals surface area contributed by atoms with Gasteiger partial charge in [-0.1, -0.05) is 11.6 Å². The van der Waals surface area contributed by atoms with Crippen LogP contribution in [-0.2, 0) is 14.9 Å². The normalized spacial score (nSPS) is 11.0. The van der Waals surface area contributed by atoms with E-state index in [2.05, 4.69) is 21.1 Å². The summed E-state index contributed by atoms with van der Waals surface area (Å²) in [6.07, 6.45) is 2.47. The molecule has 10 nitrogen and oxygen atoms in total. The molecule has 12 heteroatoms. The smallest absolute Gasteiger partial charge is 0.278 e. The number of nitrogens with one attached hydrogen (secondary N) is 3. The third-order valence-corrected chi connectivity index (χ3v) is 6.31. The average Bonchev–Trinajstić information content (AvgIpc) is 2.83. The molecule has 1 heterocycles. The molecule has 0 aliphatic carbocycles. The SMILES string of the molecule is CCONC(=O)c1cnc(Nc2ccc(OC)cc2)cc1Nc1ccc(Cl)cc1N(C)S(C)(=O)=O. The summed E-state index contributed by atoms with van der Waals surface area (Å²) >= 11 is 6.13. The third kappa shape index (κ3) is 6.75. The number of pyridine rings is 1. The van der Waals surface area contributed by atoms with Crippen molar-refractivity contribution in [2.45, 2.75) is 6.92 Å². The van der Waals surface area contributed by atoms with E-state index in [0.29, 0.717) is 33.7 Å². The van der Waals surface area contributed by atoms with Crippen LogP contribution in [0.3, 0.4) is 0 Å². The molecular formula is C23H26ClN5O5S. The molecule has 0 aliphatic heterocycles. The molecule has 0 bridgehead atoms. The average molecular weight is 520 g/mol. The fraction of sp³-hybridized carbons (Fsp3) is 0.217. The van der Waals surface area contributed by atoms with E-state index < -0.39 is 15.9 Å². The second-order valence-corrected chi connectivity index (χ2v) is 9.80. The van der Waals surface area contributed by atoms with Crippen LogP contribution in [0.25, 0.3) is 0 Å². The van der Waals surface area contributed by atoms with Gasteiger partial charge in [0.05, 0.1) is 42.6 Å². The zero-order chi connectivity index (χ0) is 25.6. The lowest BCUT2D eigenvalue weighted by Gasteiger charge is -2.22. The summed E-state index contributed by atoms with van der Waals surface area (Å²) in [5.41, 5.74) is 4.35. The van der Waals surface area contributed by atoms with Crippen molar-refractivity contribution < 1.29 is 22.8 Å². The summed E-state index contributed by atoms with van der Waals surface area (Å²) in [6.45, 7) is 2.01. The molecule has 3 rings (SSSR count). The zero-order valence-corrected chi connectivity index (χ0v) is 21.2. The van der Waals surface area contributed by atoms with Gasteiger partial charge in [-0.15, -0.1) is 0 Å². The topological polar surface area (TPSA) is 122 Å². The van der Waals surface area contributed by atoms with Gasteiger partial charge in [-0.05, 0) is 49.4 Å². The number of hydrogen-bond acceptors (Lipinski definition) is 8. The molecule has 0 fully saturated rings. The van der Waals surface area contributed by atoms with Gasteiger partial charge in [0, 0.05) is 30.0 Å². The molecule has 35 heavy (non-hydrogen) atoms. The molecule has 0 atom stereocenters. The number of nitrogens with zero attached hydrogens (tertiary/aromatic N) is 2. The van der Waals surface area contributed by atoms with E-state index in [-0.39, 0.29) is 12.2 Å². The van der Waals surface area contributed by atoms with E-state index >= 15 is 0 Å². The number of amides is 1. The summed E-state index contributed by atoms with van der Waals surface area (Å²) in [7, 11) is -0.582. The van der Waals surface area contributed by atoms with Crippen molar-refractivity contribution in [2.75, 3.05) is 42.0 Å². The van der Waals surface area contributed by atoms with Crippen molar-refractivity contribution in [3.63, 3.8) is 0 Å². The number of hydrogen-bond donors (Lipinski definition) is 3. The van der Waals surface area contributed by atoms with Gasteiger partial charge in [-0.2, -0.15) is 0 Å². The Labute approximate surface area is 209 Å². The standard InChI is InChI=1S/C23H26ClN5O5S/c1-5-34-28-23(30)18-14-25-22(26-16-7-9-17(33-3)10-8-16)13-20(18)27-19-11-6-15(24)12-21(19)29(2)35(4,31)32/h6-14H,5H2,1-4H3,(H,28,30)(H2,25,26,27). The lowest BCUT2D eigenvalue weighted by molar-refractivity contribution is 0.0365. The number of carbonyl (C=O) groups excluding carboxylic acids is 1. The predicted octanol–water partition coefficient (Wildman–Crippen LogP) is 4.31. The van der Waals surface area contributed by atoms with Crippen molar-refractivity contribution in [3.8, 4) is 5.75 Å². The number of carbonyl (C=O) groups is 1.